The molecule has 0 radical (unpaired) electrons. The third-order valence-electron chi connectivity index (χ3n) is 7.91. The van der Waals surface area contributed by atoms with Crippen molar-refractivity contribution in [1.82, 2.24) is 9.97 Å². The molecule has 2 aliphatic heterocycles. The van der Waals surface area contributed by atoms with Gasteiger partial charge in [0.25, 0.3) is 10.0 Å². The molecule has 1 aliphatic carbocycles. The molecule has 41 heavy (non-hydrogen) atoms. The molecule has 4 aromatic rings. The van der Waals surface area contributed by atoms with E-state index < -0.39 is 10.0 Å². The number of hydrogen-bond donors (Lipinski definition) is 0. The van der Waals surface area contributed by atoms with E-state index in [0.717, 1.165) is 58.2 Å². The molecule has 1 aromatic carbocycles. The van der Waals surface area contributed by atoms with Crippen LogP contribution in [0.5, 0.6) is 0 Å². The molecular weight excluding hydrogens is 556 g/mol. The van der Waals surface area contributed by atoms with E-state index >= 15 is 0 Å². The topological polar surface area (TPSA) is 92.7 Å². The number of aromatic nitrogens is 2. The zero-order valence-electron chi connectivity index (χ0n) is 22.5. The zero-order valence-corrected chi connectivity index (χ0v) is 24.2. The number of fused-ring (bicyclic) bond motifs is 3. The fraction of sp³-hybridized carbons (Fsp3) is 0.323. The van der Waals surface area contributed by atoms with Crippen LogP contribution in [0, 0.1) is 5.92 Å². The van der Waals surface area contributed by atoms with E-state index in [9.17, 15) is 13.2 Å². The number of sulfonamides is 1. The highest BCUT2D eigenvalue weighted by Crippen LogP contribution is 2.44. The van der Waals surface area contributed by atoms with E-state index in [0.29, 0.717) is 43.4 Å². The second-order valence-corrected chi connectivity index (χ2v) is 13.6. The molecule has 0 N–H and O–H groups in total. The van der Waals surface area contributed by atoms with Crippen LogP contribution in [0.2, 0.25) is 0 Å². The van der Waals surface area contributed by atoms with Crippen molar-refractivity contribution in [3.8, 4) is 21.7 Å². The summed E-state index contributed by atoms with van der Waals surface area (Å²) in [6.07, 6.45) is 5.13. The van der Waals surface area contributed by atoms with E-state index in [1.165, 1.54) is 15.6 Å². The summed E-state index contributed by atoms with van der Waals surface area (Å²) in [5.41, 5.74) is 3.84. The standard InChI is InChI=1S/C31H30N4O4S2/c36-27(18-21-8-9-21)28-19-23-11-13-35(26-6-2-1-4-24(26)31(23)40-28)41(37,38)30-7-3-5-25(33-30)22-10-12-32-29(20-22)34-14-16-39-17-15-34/h1-7,10,12,19-21H,8-9,11,13-18H2. The summed E-state index contributed by atoms with van der Waals surface area (Å²) < 4.78 is 35.2. The first kappa shape index (κ1) is 26.3. The lowest BCUT2D eigenvalue weighted by atomic mass is 10.1. The maximum absolute atomic E-state index is 14.2. The van der Waals surface area contributed by atoms with Crippen molar-refractivity contribution in [3.63, 3.8) is 0 Å². The molecule has 0 bridgehead atoms. The van der Waals surface area contributed by atoms with Crippen LogP contribution in [0.25, 0.3) is 21.7 Å². The van der Waals surface area contributed by atoms with Gasteiger partial charge in [-0.25, -0.2) is 9.97 Å². The lowest BCUT2D eigenvalue weighted by Crippen LogP contribution is -2.36. The van der Waals surface area contributed by atoms with Crippen molar-refractivity contribution in [2.45, 2.75) is 30.7 Å². The number of carbonyl (C=O) groups excluding carboxylic acids is 1. The molecule has 5 heterocycles. The van der Waals surface area contributed by atoms with Crippen LogP contribution in [0.4, 0.5) is 11.5 Å². The number of nitrogens with zero attached hydrogens (tertiary/aromatic N) is 4. The highest BCUT2D eigenvalue weighted by molar-refractivity contribution is 7.92. The Morgan fingerprint density at radius 2 is 1.83 bits per heavy atom. The Morgan fingerprint density at radius 1 is 1.00 bits per heavy atom. The van der Waals surface area contributed by atoms with Gasteiger partial charge in [0, 0.05) is 48.3 Å². The third kappa shape index (κ3) is 5.16. The quantitative estimate of drug-likeness (QED) is 0.266. The van der Waals surface area contributed by atoms with Crippen molar-refractivity contribution in [3.05, 3.63) is 77.3 Å². The van der Waals surface area contributed by atoms with Crippen LogP contribution in [-0.2, 0) is 21.2 Å². The second-order valence-electron chi connectivity index (χ2n) is 10.7. The Morgan fingerprint density at radius 3 is 2.66 bits per heavy atom. The summed E-state index contributed by atoms with van der Waals surface area (Å²) in [4.78, 5) is 25.9. The van der Waals surface area contributed by atoms with Crippen molar-refractivity contribution < 1.29 is 17.9 Å². The first-order chi connectivity index (χ1) is 20.0. The number of morpholine rings is 1. The molecule has 1 saturated heterocycles. The number of ether oxygens (including phenoxy) is 1. The molecule has 0 spiro atoms. The van der Waals surface area contributed by atoms with Crippen LogP contribution in [0.15, 0.2) is 71.9 Å². The Hall–Kier alpha value is -3.60. The first-order valence-corrected chi connectivity index (χ1v) is 16.3. The number of pyridine rings is 2. The molecule has 0 unspecified atom stereocenters. The summed E-state index contributed by atoms with van der Waals surface area (Å²) in [6, 6.07) is 18.5. The lowest BCUT2D eigenvalue weighted by molar-refractivity contribution is 0.0980. The summed E-state index contributed by atoms with van der Waals surface area (Å²) in [5.74, 6) is 1.54. The van der Waals surface area contributed by atoms with Crippen molar-refractivity contribution in [1.29, 1.82) is 0 Å². The number of thiophene rings is 1. The van der Waals surface area contributed by atoms with Crippen LogP contribution in [0.1, 0.15) is 34.5 Å². The van der Waals surface area contributed by atoms with E-state index in [-0.39, 0.29) is 17.4 Å². The molecule has 8 nitrogen and oxygen atoms in total. The van der Waals surface area contributed by atoms with Gasteiger partial charge in [0.1, 0.15) is 5.82 Å². The second kappa shape index (κ2) is 10.7. The van der Waals surface area contributed by atoms with Gasteiger partial charge in [-0.2, -0.15) is 8.42 Å². The summed E-state index contributed by atoms with van der Waals surface area (Å²) in [5, 5.41) is 0.0000858. The van der Waals surface area contributed by atoms with Crippen molar-refractivity contribution in [2.75, 3.05) is 42.1 Å². The SMILES string of the molecule is O=C(CC1CC1)c1cc2c(s1)-c1ccccc1N(S(=O)(=O)c1cccc(-c3ccnc(N4CCOCC4)c3)n1)CC2. The summed E-state index contributed by atoms with van der Waals surface area (Å²) in [6.45, 7) is 3.09. The molecule has 0 amide bonds. The van der Waals surface area contributed by atoms with Gasteiger partial charge in [-0.3, -0.25) is 9.10 Å². The molecule has 0 atom stereocenters. The minimum Gasteiger partial charge on any atom is -0.378 e. The number of para-hydroxylation sites is 1. The molecule has 10 heteroatoms. The lowest BCUT2D eigenvalue weighted by Gasteiger charge is -2.28. The molecule has 7 rings (SSSR count). The number of ketones is 1. The highest BCUT2D eigenvalue weighted by atomic mass is 32.2. The molecule has 3 aliphatic rings. The van der Waals surface area contributed by atoms with Gasteiger partial charge in [-0.1, -0.05) is 24.3 Å². The number of hydrogen-bond acceptors (Lipinski definition) is 8. The predicted octanol–water partition coefficient (Wildman–Crippen LogP) is 5.44. The zero-order chi connectivity index (χ0) is 28.0. The minimum atomic E-state index is -3.97. The van der Waals surface area contributed by atoms with Gasteiger partial charge in [-0.15, -0.1) is 11.3 Å². The molecule has 210 valence electrons. The smallest absolute Gasteiger partial charge is 0.281 e. The number of rotatable bonds is 7. The Balaban J connectivity index is 1.21. The van der Waals surface area contributed by atoms with Gasteiger partial charge >= 0.3 is 0 Å². The van der Waals surface area contributed by atoms with Gasteiger partial charge in [-0.05, 0) is 67.1 Å². The Bertz CT molecular complexity index is 1730. The molecule has 3 aromatic heterocycles. The normalized spacial score (nSPS) is 17.1. The van der Waals surface area contributed by atoms with Gasteiger partial charge in [0.2, 0.25) is 0 Å². The molecule has 2 fully saturated rings. The monoisotopic (exact) mass is 586 g/mol. The van der Waals surface area contributed by atoms with E-state index in [1.54, 1.807) is 18.3 Å². The van der Waals surface area contributed by atoms with Crippen LogP contribution in [-0.4, -0.2) is 57.0 Å². The van der Waals surface area contributed by atoms with Crippen LogP contribution in [0.3, 0.4) is 0 Å². The fourth-order valence-corrected chi connectivity index (χ4v) is 8.15. The van der Waals surface area contributed by atoms with Gasteiger partial charge in [0.15, 0.2) is 10.8 Å². The van der Waals surface area contributed by atoms with Gasteiger partial charge in [0.05, 0.1) is 29.5 Å². The maximum atomic E-state index is 14.2. The average Bonchev–Trinajstić information content (AvgIpc) is 3.76. The predicted molar refractivity (Wildman–Crippen MR) is 160 cm³/mol. The van der Waals surface area contributed by atoms with Crippen molar-refractivity contribution >= 4 is 38.6 Å². The van der Waals surface area contributed by atoms with Crippen LogP contribution >= 0.6 is 11.3 Å². The maximum Gasteiger partial charge on any atom is 0.281 e. The van der Waals surface area contributed by atoms with E-state index in [2.05, 4.69) is 14.9 Å². The van der Waals surface area contributed by atoms with E-state index in [4.69, 9.17) is 4.74 Å². The molecular formula is C31H30N4O4S2. The Kier molecular flexibility index (Phi) is 6.84. The number of Topliss-reactive ketones (excluding diaryl/α,β-unsaturated/α-hetero) is 1. The van der Waals surface area contributed by atoms with Crippen LogP contribution < -0.4 is 9.21 Å². The average molecular weight is 587 g/mol. The summed E-state index contributed by atoms with van der Waals surface area (Å²) in [7, 11) is -3.97. The molecule has 1 saturated carbocycles. The number of anilines is 2. The summed E-state index contributed by atoms with van der Waals surface area (Å²) >= 11 is 1.49. The van der Waals surface area contributed by atoms with E-state index in [1.807, 2.05) is 48.5 Å². The van der Waals surface area contributed by atoms with Crippen molar-refractivity contribution in [2.24, 2.45) is 5.92 Å². The third-order valence-corrected chi connectivity index (χ3v) is 10.9. The highest BCUT2D eigenvalue weighted by Gasteiger charge is 2.33. The minimum absolute atomic E-state index is 0.0000858. The fourth-order valence-electron chi connectivity index (χ4n) is 5.52. The van der Waals surface area contributed by atoms with Gasteiger partial charge < -0.3 is 9.64 Å². The first-order valence-electron chi connectivity index (χ1n) is 14.0. The number of carbonyl (C=O) groups is 1. The Labute approximate surface area is 243 Å². The largest absolute Gasteiger partial charge is 0.378 e. The number of benzene rings is 1.